The van der Waals surface area contributed by atoms with Gasteiger partial charge in [0, 0.05) is 36.9 Å². The number of carboxylic acids is 1. The van der Waals surface area contributed by atoms with Crippen molar-refractivity contribution in [1.82, 2.24) is 9.80 Å². The Morgan fingerprint density at radius 3 is 2.52 bits per heavy atom. The number of carbonyl (C=O) groups excluding carboxylic acids is 1. The lowest BCUT2D eigenvalue weighted by atomic mass is 10.2. The number of anilines is 1. The summed E-state index contributed by atoms with van der Waals surface area (Å²) in [6, 6.07) is 6.36. The van der Waals surface area contributed by atoms with Crippen molar-refractivity contribution >= 4 is 29.3 Å². The van der Waals surface area contributed by atoms with Crippen molar-refractivity contribution in [2.75, 3.05) is 44.7 Å². The van der Waals surface area contributed by atoms with Gasteiger partial charge in [-0.1, -0.05) is 17.7 Å². The number of piperazine rings is 1. The van der Waals surface area contributed by atoms with Crippen LogP contribution in [0.25, 0.3) is 0 Å². The highest BCUT2D eigenvalue weighted by molar-refractivity contribution is 6.30. The van der Waals surface area contributed by atoms with E-state index in [1.807, 2.05) is 7.05 Å². The second kappa shape index (κ2) is 6.78. The second-order valence-corrected chi connectivity index (χ2v) is 5.47. The van der Waals surface area contributed by atoms with E-state index in [4.69, 9.17) is 16.7 Å². The molecule has 6 nitrogen and oxygen atoms in total. The molecule has 1 fully saturated rings. The van der Waals surface area contributed by atoms with Crippen molar-refractivity contribution in [2.24, 2.45) is 0 Å². The van der Waals surface area contributed by atoms with Gasteiger partial charge in [0.2, 0.25) is 0 Å². The highest BCUT2D eigenvalue weighted by Gasteiger charge is 2.26. The molecule has 7 heteroatoms. The van der Waals surface area contributed by atoms with Crippen LogP contribution in [0.4, 0.5) is 10.5 Å². The SMILES string of the molecule is CN1CCN(C(=O)N(CC(=O)O)c2cccc(Cl)c2)CC1. The number of urea groups is 1. The van der Waals surface area contributed by atoms with Crippen molar-refractivity contribution in [3.8, 4) is 0 Å². The summed E-state index contributed by atoms with van der Waals surface area (Å²) >= 11 is 5.93. The van der Waals surface area contributed by atoms with Gasteiger partial charge in [-0.2, -0.15) is 0 Å². The fourth-order valence-corrected chi connectivity index (χ4v) is 2.40. The van der Waals surface area contributed by atoms with Gasteiger partial charge in [0.05, 0.1) is 0 Å². The van der Waals surface area contributed by atoms with Crippen molar-refractivity contribution in [2.45, 2.75) is 0 Å². The summed E-state index contributed by atoms with van der Waals surface area (Å²) in [5.41, 5.74) is 0.494. The molecule has 21 heavy (non-hydrogen) atoms. The number of likely N-dealkylation sites (N-methyl/N-ethyl adjacent to an activating group) is 1. The highest BCUT2D eigenvalue weighted by Crippen LogP contribution is 2.21. The average Bonchev–Trinajstić information content (AvgIpc) is 2.44. The van der Waals surface area contributed by atoms with Crippen LogP contribution in [0, 0.1) is 0 Å². The number of carbonyl (C=O) groups is 2. The number of hydrogen-bond acceptors (Lipinski definition) is 3. The van der Waals surface area contributed by atoms with E-state index in [9.17, 15) is 9.59 Å². The third-order valence-corrected chi connectivity index (χ3v) is 3.65. The minimum absolute atomic E-state index is 0.298. The first kappa shape index (κ1) is 15.6. The van der Waals surface area contributed by atoms with Gasteiger partial charge in [-0.15, -0.1) is 0 Å². The van der Waals surface area contributed by atoms with E-state index >= 15 is 0 Å². The van der Waals surface area contributed by atoms with Crippen LogP contribution in [0.5, 0.6) is 0 Å². The van der Waals surface area contributed by atoms with E-state index in [0.29, 0.717) is 23.8 Å². The quantitative estimate of drug-likeness (QED) is 0.921. The van der Waals surface area contributed by atoms with Crippen molar-refractivity contribution in [1.29, 1.82) is 0 Å². The molecular weight excluding hydrogens is 294 g/mol. The number of amides is 2. The van der Waals surface area contributed by atoms with Crippen molar-refractivity contribution < 1.29 is 14.7 Å². The fraction of sp³-hybridized carbons (Fsp3) is 0.429. The molecule has 0 radical (unpaired) electrons. The molecule has 0 saturated carbocycles. The van der Waals surface area contributed by atoms with E-state index in [1.165, 1.54) is 4.90 Å². The Hall–Kier alpha value is -1.79. The van der Waals surface area contributed by atoms with Gasteiger partial charge < -0.3 is 14.9 Å². The number of nitrogens with zero attached hydrogens (tertiary/aromatic N) is 3. The smallest absolute Gasteiger partial charge is 0.325 e. The normalized spacial score (nSPS) is 15.8. The minimum Gasteiger partial charge on any atom is -0.480 e. The van der Waals surface area contributed by atoms with Gasteiger partial charge in [-0.05, 0) is 25.2 Å². The number of hydrogen-bond donors (Lipinski definition) is 1. The summed E-state index contributed by atoms with van der Waals surface area (Å²) in [5, 5.41) is 9.52. The Morgan fingerprint density at radius 2 is 1.95 bits per heavy atom. The molecule has 1 heterocycles. The Morgan fingerprint density at radius 1 is 1.29 bits per heavy atom. The van der Waals surface area contributed by atoms with Crippen molar-refractivity contribution in [3.63, 3.8) is 0 Å². The van der Waals surface area contributed by atoms with E-state index in [-0.39, 0.29) is 12.6 Å². The van der Waals surface area contributed by atoms with Gasteiger partial charge in [0.1, 0.15) is 6.54 Å². The molecule has 0 spiro atoms. The van der Waals surface area contributed by atoms with Crippen LogP contribution in [0.2, 0.25) is 5.02 Å². The Labute approximate surface area is 128 Å². The van der Waals surface area contributed by atoms with Crippen LogP contribution >= 0.6 is 11.6 Å². The molecule has 0 aromatic heterocycles. The fourth-order valence-electron chi connectivity index (χ4n) is 2.22. The lowest BCUT2D eigenvalue weighted by Gasteiger charge is -2.35. The predicted octanol–water partition coefficient (Wildman–Crippen LogP) is 1.60. The molecule has 0 aliphatic carbocycles. The number of carboxylic acid groups (broad SMARTS) is 1. The monoisotopic (exact) mass is 311 g/mol. The van der Waals surface area contributed by atoms with Crippen LogP contribution in [-0.2, 0) is 4.79 Å². The third kappa shape index (κ3) is 4.09. The average molecular weight is 312 g/mol. The standard InChI is InChI=1S/C14H18ClN3O3/c1-16-5-7-17(8-6-16)14(21)18(10-13(19)20)12-4-2-3-11(15)9-12/h2-4,9H,5-8,10H2,1H3,(H,19,20). The maximum absolute atomic E-state index is 12.6. The van der Waals surface area contributed by atoms with E-state index < -0.39 is 5.97 Å². The predicted molar refractivity (Wildman–Crippen MR) is 80.9 cm³/mol. The number of aliphatic carboxylic acids is 1. The van der Waals surface area contributed by atoms with Gasteiger partial charge in [0.15, 0.2) is 0 Å². The zero-order chi connectivity index (χ0) is 15.4. The van der Waals surface area contributed by atoms with Crippen LogP contribution < -0.4 is 4.90 Å². The minimum atomic E-state index is -1.06. The summed E-state index contributed by atoms with van der Waals surface area (Å²) in [5.74, 6) is -1.06. The zero-order valence-corrected chi connectivity index (χ0v) is 12.6. The Bertz CT molecular complexity index is 530. The first-order chi connectivity index (χ1) is 9.97. The molecule has 0 atom stereocenters. The number of rotatable bonds is 3. The van der Waals surface area contributed by atoms with Crippen LogP contribution in [0.3, 0.4) is 0 Å². The van der Waals surface area contributed by atoms with Crippen LogP contribution in [-0.4, -0.2) is 66.7 Å². The Balaban J connectivity index is 2.19. The molecule has 1 aromatic rings. The molecule has 2 amide bonds. The Kier molecular flexibility index (Phi) is 5.03. The second-order valence-electron chi connectivity index (χ2n) is 5.03. The van der Waals surface area contributed by atoms with Gasteiger partial charge in [-0.3, -0.25) is 9.69 Å². The largest absolute Gasteiger partial charge is 0.480 e. The molecule has 1 aromatic carbocycles. The lowest BCUT2D eigenvalue weighted by molar-refractivity contribution is -0.135. The number of benzene rings is 1. The maximum atomic E-state index is 12.6. The molecule has 114 valence electrons. The molecule has 2 rings (SSSR count). The summed E-state index contributed by atoms with van der Waals surface area (Å²) in [6.45, 7) is 2.36. The summed E-state index contributed by atoms with van der Waals surface area (Å²) in [7, 11) is 1.99. The molecule has 0 unspecified atom stereocenters. The summed E-state index contributed by atoms with van der Waals surface area (Å²) in [6.07, 6.45) is 0. The maximum Gasteiger partial charge on any atom is 0.325 e. The molecule has 1 aliphatic rings. The van der Waals surface area contributed by atoms with Crippen LogP contribution in [0.15, 0.2) is 24.3 Å². The molecule has 1 saturated heterocycles. The van der Waals surface area contributed by atoms with Gasteiger partial charge in [-0.25, -0.2) is 4.79 Å². The van der Waals surface area contributed by atoms with E-state index in [0.717, 1.165) is 13.1 Å². The summed E-state index contributed by atoms with van der Waals surface area (Å²) in [4.78, 5) is 28.7. The van der Waals surface area contributed by atoms with Crippen LogP contribution in [0.1, 0.15) is 0 Å². The highest BCUT2D eigenvalue weighted by atomic mass is 35.5. The number of halogens is 1. The molecule has 1 aliphatic heterocycles. The first-order valence-corrected chi connectivity index (χ1v) is 7.07. The topological polar surface area (TPSA) is 64.1 Å². The summed E-state index contributed by atoms with van der Waals surface area (Å²) < 4.78 is 0. The van der Waals surface area contributed by atoms with E-state index in [2.05, 4.69) is 4.90 Å². The zero-order valence-electron chi connectivity index (χ0n) is 11.8. The lowest BCUT2D eigenvalue weighted by Crippen LogP contribution is -2.53. The molecular formula is C14H18ClN3O3. The van der Waals surface area contributed by atoms with Crippen molar-refractivity contribution in [3.05, 3.63) is 29.3 Å². The molecule has 1 N–H and O–H groups in total. The van der Waals surface area contributed by atoms with Gasteiger partial charge in [0.25, 0.3) is 0 Å². The van der Waals surface area contributed by atoms with E-state index in [1.54, 1.807) is 29.2 Å². The third-order valence-electron chi connectivity index (χ3n) is 3.42. The van der Waals surface area contributed by atoms with Gasteiger partial charge >= 0.3 is 12.0 Å². The molecule has 0 bridgehead atoms. The first-order valence-electron chi connectivity index (χ1n) is 6.69.